The van der Waals surface area contributed by atoms with Gasteiger partial charge in [0.2, 0.25) is 0 Å². The molecule has 2 heterocycles. The fourth-order valence-corrected chi connectivity index (χ4v) is 2.12. The van der Waals surface area contributed by atoms with E-state index < -0.39 is 0 Å². The Balaban J connectivity index is 1.98. The van der Waals surface area contributed by atoms with Crippen LogP contribution in [0.25, 0.3) is 22.4 Å². The minimum Gasteiger partial charge on any atom is -0.464 e. The molecule has 1 aromatic carbocycles. The van der Waals surface area contributed by atoms with E-state index in [2.05, 4.69) is 9.97 Å². The maximum absolute atomic E-state index is 5.76. The monoisotopic (exact) mass is 253 g/mol. The summed E-state index contributed by atoms with van der Waals surface area (Å²) in [6, 6.07) is 7.98. The second-order valence-electron chi connectivity index (χ2n) is 4.74. The van der Waals surface area contributed by atoms with Crippen LogP contribution in [-0.2, 0) is 6.42 Å². The lowest BCUT2D eigenvalue weighted by Crippen LogP contribution is -2.18. The second-order valence-corrected chi connectivity index (χ2v) is 4.74. The third kappa shape index (κ3) is 2.35. The number of hydrogen-bond donors (Lipinski definition) is 1. The van der Waals surface area contributed by atoms with Gasteiger partial charge in [0.15, 0.2) is 5.82 Å². The van der Waals surface area contributed by atoms with Gasteiger partial charge in [-0.2, -0.15) is 0 Å². The number of rotatable bonds is 3. The highest BCUT2D eigenvalue weighted by Gasteiger charge is 2.10. The van der Waals surface area contributed by atoms with Gasteiger partial charge < -0.3 is 10.2 Å². The summed E-state index contributed by atoms with van der Waals surface area (Å²) in [6.07, 6.45) is 6.14. The molecule has 0 aliphatic heterocycles. The molecule has 0 fully saturated rings. The zero-order valence-electron chi connectivity index (χ0n) is 10.7. The highest BCUT2D eigenvalue weighted by Crippen LogP contribution is 2.27. The summed E-state index contributed by atoms with van der Waals surface area (Å²) in [6.45, 7) is 1.97. The largest absolute Gasteiger partial charge is 0.464 e. The number of hydrogen-bond acceptors (Lipinski definition) is 4. The van der Waals surface area contributed by atoms with Crippen molar-refractivity contribution in [3.05, 3.63) is 48.5 Å². The van der Waals surface area contributed by atoms with Gasteiger partial charge in [0.1, 0.15) is 11.8 Å². The molecule has 1 atom stereocenters. The van der Waals surface area contributed by atoms with Gasteiger partial charge in [-0.15, -0.1) is 0 Å². The summed E-state index contributed by atoms with van der Waals surface area (Å²) in [5.41, 5.74) is 8.58. The first-order valence-corrected chi connectivity index (χ1v) is 6.27. The van der Waals surface area contributed by atoms with Crippen molar-refractivity contribution in [1.29, 1.82) is 0 Å². The predicted octanol–water partition coefficient (Wildman–Crippen LogP) is 2.78. The molecular formula is C15H15N3O. The maximum Gasteiger partial charge on any atom is 0.163 e. The van der Waals surface area contributed by atoms with Crippen molar-refractivity contribution >= 4 is 11.0 Å². The molecule has 2 aromatic heterocycles. The van der Waals surface area contributed by atoms with Crippen molar-refractivity contribution in [3.8, 4) is 11.4 Å². The van der Waals surface area contributed by atoms with Crippen molar-refractivity contribution < 1.29 is 4.42 Å². The molecule has 0 radical (unpaired) electrons. The zero-order chi connectivity index (χ0) is 13.2. The molecule has 4 heteroatoms. The summed E-state index contributed by atoms with van der Waals surface area (Å²) in [7, 11) is 0. The normalized spacial score (nSPS) is 12.7. The molecule has 96 valence electrons. The molecule has 0 spiro atoms. The lowest BCUT2D eigenvalue weighted by atomic mass is 10.1. The van der Waals surface area contributed by atoms with Crippen molar-refractivity contribution in [2.45, 2.75) is 19.4 Å². The topological polar surface area (TPSA) is 64.9 Å². The third-order valence-electron chi connectivity index (χ3n) is 2.98. The first kappa shape index (κ1) is 11.9. The first-order chi connectivity index (χ1) is 9.24. The van der Waals surface area contributed by atoms with E-state index in [1.54, 1.807) is 6.26 Å². The average Bonchev–Trinajstić information content (AvgIpc) is 2.83. The van der Waals surface area contributed by atoms with Gasteiger partial charge in [-0.25, -0.2) is 9.97 Å². The van der Waals surface area contributed by atoms with Crippen LogP contribution < -0.4 is 5.73 Å². The Morgan fingerprint density at radius 2 is 1.95 bits per heavy atom. The van der Waals surface area contributed by atoms with Gasteiger partial charge in [0.25, 0.3) is 0 Å². The molecule has 0 bridgehead atoms. The lowest BCUT2D eigenvalue weighted by Gasteiger charge is -2.04. The van der Waals surface area contributed by atoms with Crippen molar-refractivity contribution in [2.75, 3.05) is 0 Å². The van der Waals surface area contributed by atoms with Gasteiger partial charge in [-0.3, -0.25) is 0 Å². The molecule has 19 heavy (non-hydrogen) atoms. The lowest BCUT2D eigenvalue weighted by molar-refractivity contribution is 0.616. The number of nitrogens with two attached hydrogens (primary N) is 1. The van der Waals surface area contributed by atoms with E-state index in [0.29, 0.717) is 5.82 Å². The van der Waals surface area contributed by atoms with Crippen LogP contribution in [0, 0.1) is 0 Å². The number of fused-ring (bicyclic) bond motifs is 1. The van der Waals surface area contributed by atoms with Crippen LogP contribution in [0.2, 0.25) is 0 Å². The van der Waals surface area contributed by atoms with Crippen LogP contribution in [0.15, 0.2) is 47.3 Å². The number of benzene rings is 1. The summed E-state index contributed by atoms with van der Waals surface area (Å²) in [5, 5.41) is 1.03. The zero-order valence-corrected chi connectivity index (χ0v) is 10.7. The second kappa shape index (κ2) is 4.82. The van der Waals surface area contributed by atoms with Gasteiger partial charge in [-0.1, -0.05) is 18.2 Å². The number of furan rings is 1. The number of nitrogens with zero attached hydrogens (tertiary/aromatic N) is 2. The Morgan fingerprint density at radius 3 is 2.68 bits per heavy atom. The molecule has 0 aliphatic rings. The Hall–Kier alpha value is -2.20. The van der Waals surface area contributed by atoms with E-state index in [9.17, 15) is 0 Å². The van der Waals surface area contributed by atoms with Crippen LogP contribution in [-0.4, -0.2) is 16.0 Å². The molecule has 0 saturated heterocycles. The summed E-state index contributed by atoms with van der Waals surface area (Å²) in [5.74, 6) is 0.679. The molecular weight excluding hydrogens is 238 g/mol. The van der Waals surface area contributed by atoms with E-state index >= 15 is 0 Å². The Kier molecular flexibility index (Phi) is 3.01. The first-order valence-electron chi connectivity index (χ1n) is 6.27. The van der Waals surface area contributed by atoms with E-state index in [1.807, 2.05) is 43.6 Å². The molecule has 0 saturated carbocycles. The Morgan fingerprint density at radius 1 is 1.21 bits per heavy atom. The number of para-hydroxylation sites is 1. The summed E-state index contributed by atoms with van der Waals surface area (Å²) >= 11 is 0. The SMILES string of the molecule is CC(N)Cc1cnc(-c2coc3ccccc23)nc1. The van der Waals surface area contributed by atoms with Crippen LogP contribution >= 0.6 is 0 Å². The van der Waals surface area contributed by atoms with Crippen molar-refractivity contribution in [3.63, 3.8) is 0 Å². The molecule has 4 nitrogen and oxygen atoms in total. The van der Waals surface area contributed by atoms with E-state index in [4.69, 9.17) is 10.2 Å². The Labute approximate surface area is 111 Å². The van der Waals surface area contributed by atoms with Gasteiger partial charge >= 0.3 is 0 Å². The minimum atomic E-state index is 0.115. The van der Waals surface area contributed by atoms with E-state index in [0.717, 1.165) is 28.5 Å². The van der Waals surface area contributed by atoms with E-state index in [-0.39, 0.29) is 6.04 Å². The summed E-state index contributed by atoms with van der Waals surface area (Å²) in [4.78, 5) is 8.80. The quantitative estimate of drug-likeness (QED) is 0.779. The van der Waals surface area contributed by atoms with Crippen molar-refractivity contribution in [2.24, 2.45) is 5.73 Å². The van der Waals surface area contributed by atoms with Gasteiger partial charge in [0, 0.05) is 23.8 Å². The van der Waals surface area contributed by atoms with Crippen molar-refractivity contribution in [1.82, 2.24) is 9.97 Å². The summed E-state index contributed by atoms with van der Waals surface area (Å²) < 4.78 is 5.50. The third-order valence-corrected chi connectivity index (χ3v) is 2.98. The van der Waals surface area contributed by atoms with Gasteiger partial charge in [-0.05, 0) is 25.0 Å². The molecule has 0 amide bonds. The van der Waals surface area contributed by atoms with Crippen LogP contribution in [0.1, 0.15) is 12.5 Å². The molecule has 1 unspecified atom stereocenters. The smallest absolute Gasteiger partial charge is 0.163 e. The molecule has 3 rings (SSSR count). The minimum absolute atomic E-state index is 0.115. The molecule has 3 aromatic rings. The highest BCUT2D eigenvalue weighted by molar-refractivity contribution is 5.91. The predicted molar refractivity (Wildman–Crippen MR) is 74.6 cm³/mol. The average molecular weight is 253 g/mol. The van der Waals surface area contributed by atoms with Crippen LogP contribution in [0.5, 0.6) is 0 Å². The van der Waals surface area contributed by atoms with Crippen LogP contribution in [0.3, 0.4) is 0 Å². The Bertz CT molecular complexity index is 686. The standard InChI is InChI=1S/C15H15N3O/c1-10(16)6-11-7-17-15(18-8-11)13-9-19-14-5-3-2-4-12(13)14/h2-5,7-10H,6,16H2,1H3. The highest BCUT2D eigenvalue weighted by atomic mass is 16.3. The fraction of sp³-hybridized carbons (Fsp3) is 0.200. The molecule has 2 N–H and O–H groups in total. The molecule has 0 aliphatic carbocycles. The fourth-order valence-electron chi connectivity index (χ4n) is 2.12. The van der Waals surface area contributed by atoms with Crippen LogP contribution in [0.4, 0.5) is 0 Å². The maximum atomic E-state index is 5.76. The van der Waals surface area contributed by atoms with E-state index in [1.165, 1.54) is 0 Å². The number of aromatic nitrogens is 2. The van der Waals surface area contributed by atoms with Gasteiger partial charge in [0.05, 0.1) is 5.56 Å².